The zero-order valence-corrected chi connectivity index (χ0v) is 58.6. The Hall–Kier alpha value is -2.28. The molecule has 1 N–H and O–H groups in total. The van der Waals surface area contributed by atoms with Crippen LogP contribution in [0.1, 0.15) is 219 Å². The summed E-state index contributed by atoms with van der Waals surface area (Å²) < 4.78 is 95.8. The van der Waals surface area contributed by atoms with E-state index in [0.29, 0.717) is 109 Å². The number of aromatic nitrogens is 1. The highest BCUT2D eigenvalue weighted by molar-refractivity contribution is 5.76. The highest BCUT2D eigenvalue weighted by Crippen LogP contribution is 2.25. The second kappa shape index (κ2) is 52.1. The molecule has 522 valence electrons. The molecule has 0 saturated heterocycles. The smallest absolute Gasteiger partial charge is 0.346 e. The lowest BCUT2D eigenvalue weighted by Gasteiger charge is -2.24. The molecule has 19 nitrogen and oxygen atoms in total. The number of nitrogens with zero attached hydrogens (tertiary/aromatic N) is 1. The van der Waals surface area contributed by atoms with Crippen molar-refractivity contribution in [3.63, 3.8) is 0 Å². The lowest BCUT2D eigenvalue weighted by Crippen LogP contribution is -2.31. The van der Waals surface area contributed by atoms with Gasteiger partial charge >= 0.3 is 5.63 Å². The second-order valence-electron chi connectivity index (χ2n) is 25.4. The van der Waals surface area contributed by atoms with Crippen LogP contribution in [-0.4, -0.2) is 201 Å². The zero-order valence-electron chi connectivity index (χ0n) is 58.6. The average Bonchev–Trinajstić information content (AvgIpc) is 1.32. The van der Waals surface area contributed by atoms with Gasteiger partial charge in [-0.2, -0.15) is 0 Å². The summed E-state index contributed by atoms with van der Waals surface area (Å²) in [6, 6.07) is 7.28. The fraction of sp³-hybridized carbons (Fsp3) is 0.886. The van der Waals surface area contributed by atoms with E-state index in [1.807, 2.05) is 115 Å². The quantitative estimate of drug-likeness (QED) is 0.0612. The van der Waals surface area contributed by atoms with Crippen LogP contribution in [0.25, 0.3) is 10.9 Å². The standard InChI is InChI=1S/C70H129NO18/c1-17-18-19-20-21-22-23-24-25-26-27-28-29-30-35-68(69-71-67-34-32-31-33-66(67)70(73)89-69)88-50-65(16)87-49-64(15)86-48-63(14)85-47-62(13)84-46-61(12)83-45-60(11)82-44-59(10)81-43-58(9)80-42-57(8)79-41-56(7)78-40-55(6)77-39-54(5)76-38-53(4)75-37-52(3)74-36-51(2)72/h31-34,51-65,68,72H,17-30,35-50H2,1-16H3. The zero-order chi connectivity index (χ0) is 65.6. The Morgan fingerprint density at radius 3 is 0.843 bits per heavy atom. The maximum absolute atomic E-state index is 12.9. The predicted octanol–water partition coefficient (Wildman–Crippen LogP) is 13.2. The third-order valence-electron chi connectivity index (χ3n) is 14.8. The first-order valence-corrected chi connectivity index (χ1v) is 34.4. The third kappa shape index (κ3) is 44.9. The van der Waals surface area contributed by atoms with Gasteiger partial charge in [-0.05, 0) is 122 Å². The van der Waals surface area contributed by atoms with Crippen molar-refractivity contribution in [3.8, 4) is 0 Å². The molecule has 0 saturated carbocycles. The minimum Gasteiger partial charge on any atom is -0.405 e. The molecule has 0 amide bonds. The molecule has 89 heavy (non-hydrogen) atoms. The number of aliphatic hydroxyl groups is 1. The van der Waals surface area contributed by atoms with Gasteiger partial charge in [0.1, 0.15) is 6.10 Å². The fourth-order valence-corrected chi connectivity index (χ4v) is 9.10. The van der Waals surface area contributed by atoms with Crippen LogP contribution in [0.3, 0.4) is 0 Å². The fourth-order valence-electron chi connectivity index (χ4n) is 9.10. The van der Waals surface area contributed by atoms with E-state index in [1.54, 1.807) is 13.0 Å². The summed E-state index contributed by atoms with van der Waals surface area (Å²) in [6.07, 6.45) is 16.1. The molecule has 2 rings (SSSR count). The van der Waals surface area contributed by atoms with E-state index in [9.17, 15) is 9.90 Å². The van der Waals surface area contributed by atoms with Crippen molar-refractivity contribution in [3.05, 3.63) is 40.6 Å². The lowest BCUT2D eigenvalue weighted by molar-refractivity contribution is -0.116. The summed E-state index contributed by atoms with van der Waals surface area (Å²) in [5.41, 5.74) is 0.221. The van der Waals surface area contributed by atoms with Crippen molar-refractivity contribution in [2.24, 2.45) is 0 Å². The molecule has 1 aromatic heterocycles. The number of para-hydroxylation sites is 1. The molecule has 0 radical (unpaired) electrons. The van der Waals surface area contributed by atoms with E-state index in [4.69, 9.17) is 80.5 Å². The molecule has 0 aliphatic rings. The summed E-state index contributed by atoms with van der Waals surface area (Å²) in [7, 11) is 0. The van der Waals surface area contributed by atoms with Gasteiger partial charge in [0.2, 0.25) is 5.89 Å². The average molecular weight is 1270 g/mol. The normalized spacial score (nSPS) is 17.7. The first-order chi connectivity index (χ1) is 42.6. The summed E-state index contributed by atoms with van der Waals surface area (Å²) in [6.45, 7) is 37.8. The van der Waals surface area contributed by atoms with Crippen LogP contribution >= 0.6 is 0 Å². The van der Waals surface area contributed by atoms with Crippen LogP contribution < -0.4 is 5.63 Å². The topological polar surface area (TPSA) is 202 Å². The van der Waals surface area contributed by atoms with Crippen molar-refractivity contribution in [1.29, 1.82) is 0 Å². The van der Waals surface area contributed by atoms with Crippen molar-refractivity contribution >= 4 is 10.9 Å². The molecule has 0 bridgehead atoms. The number of ether oxygens (including phenoxy) is 15. The van der Waals surface area contributed by atoms with Gasteiger partial charge in [-0.3, -0.25) is 0 Å². The molecular weight excluding hydrogens is 1140 g/mol. The van der Waals surface area contributed by atoms with Gasteiger partial charge in [-0.25, -0.2) is 9.78 Å². The predicted molar refractivity (Wildman–Crippen MR) is 351 cm³/mol. The summed E-state index contributed by atoms with van der Waals surface area (Å²) in [4.78, 5) is 17.6. The number of hydrogen-bond acceptors (Lipinski definition) is 19. The summed E-state index contributed by atoms with van der Waals surface area (Å²) in [5.74, 6) is 0.325. The highest BCUT2D eigenvalue weighted by Gasteiger charge is 2.22. The minimum absolute atomic E-state index is 0.0915. The highest BCUT2D eigenvalue weighted by atomic mass is 16.6. The van der Waals surface area contributed by atoms with E-state index in [2.05, 4.69) is 6.92 Å². The maximum Gasteiger partial charge on any atom is 0.346 e. The summed E-state index contributed by atoms with van der Waals surface area (Å²) >= 11 is 0. The molecule has 1 heterocycles. The van der Waals surface area contributed by atoms with Gasteiger partial charge in [-0.15, -0.1) is 0 Å². The number of fused-ring (bicyclic) bond motifs is 1. The van der Waals surface area contributed by atoms with E-state index in [0.717, 1.165) is 19.3 Å². The van der Waals surface area contributed by atoms with E-state index in [-0.39, 0.29) is 92.1 Å². The molecule has 0 spiro atoms. The molecule has 1 aromatic carbocycles. The molecular formula is C70H129NO18. The van der Waals surface area contributed by atoms with Crippen molar-refractivity contribution < 1.29 is 80.6 Å². The second-order valence-corrected chi connectivity index (χ2v) is 25.4. The van der Waals surface area contributed by atoms with Crippen molar-refractivity contribution in [2.75, 3.05) is 99.1 Å². The van der Waals surface area contributed by atoms with Crippen LogP contribution in [0.15, 0.2) is 33.5 Å². The Kier molecular flexibility index (Phi) is 48.4. The minimum atomic E-state index is -0.498. The molecule has 0 aliphatic heterocycles. The van der Waals surface area contributed by atoms with E-state index < -0.39 is 17.8 Å². The van der Waals surface area contributed by atoms with Crippen LogP contribution in [0.5, 0.6) is 0 Å². The van der Waals surface area contributed by atoms with E-state index >= 15 is 0 Å². The number of rotatable bonds is 61. The number of benzene rings is 1. The maximum atomic E-state index is 12.9. The van der Waals surface area contributed by atoms with Gasteiger partial charge < -0.3 is 80.6 Å². The van der Waals surface area contributed by atoms with Gasteiger partial charge in [0.25, 0.3) is 0 Å². The molecule has 2 aromatic rings. The Bertz CT molecular complexity index is 2000. The molecule has 0 fully saturated rings. The SMILES string of the molecule is CCCCCCCCCCCCCCCCC(OCC(C)OCC(C)OCC(C)OCC(C)OCC(C)OCC(C)OCC(C)OCC(C)OCC(C)OCC(C)OCC(C)OCC(C)OCC(C)OCC(C)OCC(C)O)c1nc2ccccc2c(=O)o1. The van der Waals surface area contributed by atoms with Crippen LogP contribution in [0.2, 0.25) is 0 Å². The summed E-state index contributed by atoms with van der Waals surface area (Å²) in [5, 5.41) is 9.84. The third-order valence-corrected chi connectivity index (χ3v) is 14.8. The Balaban J connectivity index is 1.53. The Morgan fingerprint density at radius 2 is 0.573 bits per heavy atom. The van der Waals surface area contributed by atoms with E-state index in [1.165, 1.54) is 77.0 Å². The lowest BCUT2D eigenvalue weighted by atomic mass is 10.0. The van der Waals surface area contributed by atoms with Crippen LogP contribution in [-0.2, 0) is 71.1 Å². The van der Waals surface area contributed by atoms with Crippen LogP contribution in [0.4, 0.5) is 0 Å². The van der Waals surface area contributed by atoms with Crippen molar-refractivity contribution in [2.45, 2.75) is 305 Å². The first kappa shape index (κ1) is 82.8. The van der Waals surface area contributed by atoms with Crippen molar-refractivity contribution in [1.82, 2.24) is 4.98 Å². The molecule has 16 unspecified atom stereocenters. The number of aliphatic hydroxyl groups excluding tert-OH is 1. The Labute approximate surface area is 538 Å². The van der Waals surface area contributed by atoms with Gasteiger partial charge in [0, 0.05) is 0 Å². The number of unbranched alkanes of at least 4 members (excludes halogenated alkanes) is 13. The first-order valence-electron chi connectivity index (χ1n) is 34.4. The van der Waals surface area contributed by atoms with Gasteiger partial charge in [0.05, 0.1) is 202 Å². The largest absolute Gasteiger partial charge is 0.405 e. The van der Waals surface area contributed by atoms with Gasteiger partial charge in [-0.1, -0.05) is 109 Å². The Morgan fingerprint density at radius 1 is 0.337 bits per heavy atom. The number of hydrogen-bond donors (Lipinski definition) is 1. The molecule has 0 aliphatic carbocycles. The molecule has 16 atom stereocenters. The molecule has 19 heteroatoms. The van der Waals surface area contributed by atoms with Gasteiger partial charge in [0.15, 0.2) is 0 Å². The van der Waals surface area contributed by atoms with Crippen LogP contribution in [0, 0.1) is 0 Å². The monoisotopic (exact) mass is 1270 g/mol.